The molecule has 0 aromatic carbocycles. The zero-order chi connectivity index (χ0) is 12.6. The van der Waals surface area contributed by atoms with Crippen molar-refractivity contribution in [1.82, 2.24) is 0 Å². The molecular formula is C10H15BrO5. The first-order chi connectivity index (χ1) is 7.60. The average molecular weight is 295 g/mol. The van der Waals surface area contributed by atoms with Crippen LogP contribution < -0.4 is 0 Å². The highest BCUT2D eigenvalue weighted by atomic mass is 79.9. The van der Waals surface area contributed by atoms with Gasteiger partial charge in [0.05, 0.1) is 27.4 Å². The summed E-state index contributed by atoms with van der Waals surface area (Å²) in [6, 6.07) is 0. The molecule has 0 fully saturated rings. The average Bonchev–Trinajstić information content (AvgIpc) is 2.32. The predicted molar refractivity (Wildman–Crippen MR) is 61.0 cm³/mol. The minimum Gasteiger partial charge on any atom is -0.500 e. The van der Waals surface area contributed by atoms with E-state index in [1.807, 2.05) is 0 Å². The van der Waals surface area contributed by atoms with Crippen molar-refractivity contribution in [3.05, 3.63) is 11.8 Å². The summed E-state index contributed by atoms with van der Waals surface area (Å²) < 4.78 is 14.1. The molecule has 0 saturated heterocycles. The van der Waals surface area contributed by atoms with Crippen LogP contribution in [0.4, 0.5) is 0 Å². The number of esters is 2. The van der Waals surface area contributed by atoms with Crippen LogP contribution in [-0.2, 0) is 23.8 Å². The third kappa shape index (κ3) is 4.65. The molecule has 0 aromatic rings. The normalized spacial score (nSPS) is 12.9. The zero-order valence-electron chi connectivity index (χ0n) is 9.49. The summed E-state index contributed by atoms with van der Waals surface area (Å²) >= 11 is 3.22. The van der Waals surface area contributed by atoms with E-state index in [1.54, 1.807) is 0 Å². The number of carbonyl (C=O) groups excluding carboxylic acids is 2. The quantitative estimate of drug-likeness (QED) is 0.319. The largest absolute Gasteiger partial charge is 0.500 e. The van der Waals surface area contributed by atoms with E-state index in [2.05, 4.69) is 25.4 Å². The van der Waals surface area contributed by atoms with Crippen LogP contribution in [0.2, 0.25) is 0 Å². The molecule has 0 N–H and O–H groups in total. The summed E-state index contributed by atoms with van der Waals surface area (Å²) in [4.78, 5) is 22.5. The van der Waals surface area contributed by atoms with Gasteiger partial charge in [-0.2, -0.15) is 0 Å². The summed E-state index contributed by atoms with van der Waals surface area (Å²) in [5, 5.41) is 0.592. The summed E-state index contributed by atoms with van der Waals surface area (Å²) in [6.45, 7) is 0. The van der Waals surface area contributed by atoms with E-state index in [0.29, 0.717) is 11.8 Å². The number of methoxy groups -OCH3 is 3. The van der Waals surface area contributed by atoms with Crippen molar-refractivity contribution in [3.8, 4) is 0 Å². The Kier molecular flexibility index (Phi) is 7.62. The molecule has 92 valence electrons. The van der Waals surface area contributed by atoms with Gasteiger partial charge in [0, 0.05) is 5.33 Å². The Morgan fingerprint density at radius 1 is 1.19 bits per heavy atom. The molecule has 1 atom stereocenters. The minimum absolute atomic E-state index is 0.234. The van der Waals surface area contributed by atoms with E-state index in [1.165, 1.54) is 21.3 Å². The van der Waals surface area contributed by atoms with Crippen LogP contribution in [-0.4, -0.2) is 38.6 Å². The molecule has 0 rings (SSSR count). The summed E-state index contributed by atoms with van der Waals surface area (Å²) in [5.74, 6) is -1.39. The molecule has 1 unspecified atom stereocenters. The van der Waals surface area contributed by atoms with Crippen molar-refractivity contribution in [2.24, 2.45) is 5.92 Å². The van der Waals surface area contributed by atoms with Crippen molar-refractivity contribution in [2.45, 2.75) is 6.42 Å². The topological polar surface area (TPSA) is 61.8 Å². The molecule has 5 nitrogen and oxygen atoms in total. The van der Waals surface area contributed by atoms with E-state index in [0.717, 1.165) is 6.08 Å². The van der Waals surface area contributed by atoms with Gasteiger partial charge in [-0.15, -0.1) is 0 Å². The Morgan fingerprint density at radius 3 is 2.19 bits per heavy atom. The number of alkyl halides is 1. The van der Waals surface area contributed by atoms with Crippen LogP contribution in [0.25, 0.3) is 0 Å². The van der Waals surface area contributed by atoms with Gasteiger partial charge in [-0.05, 0) is 6.42 Å². The number of hydrogen-bond donors (Lipinski definition) is 0. The lowest BCUT2D eigenvalue weighted by Gasteiger charge is -2.15. The first kappa shape index (κ1) is 15.0. The van der Waals surface area contributed by atoms with Crippen LogP contribution >= 0.6 is 15.9 Å². The first-order valence-corrected chi connectivity index (χ1v) is 5.70. The smallest absolute Gasteiger partial charge is 0.333 e. The number of rotatable bonds is 6. The molecular weight excluding hydrogens is 280 g/mol. The van der Waals surface area contributed by atoms with Gasteiger partial charge in [-0.3, -0.25) is 4.79 Å². The monoisotopic (exact) mass is 294 g/mol. The number of carbonyl (C=O) groups is 2. The van der Waals surface area contributed by atoms with Crippen LogP contribution in [0.15, 0.2) is 11.8 Å². The fraction of sp³-hybridized carbons (Fsp3) is 0.600. The molecule has 0 saturated carbocycles. The van der Waals surface area contributed by atoms with Crippen molar-refractivity contribution < 1.29 is 23.8 Å². The second kappa shape index (κ2) is 8.15. The van der Waals surface area contributed by atoms with Crippen molar-refractivity contribution in [2.75, 3.05) is 26.7 Å². The first-order valence-electron chi connectivity index (χ1n) is 4.58. The Balaban J connectivity index is 4.90. The second-order valence-electron chi connectivity index (χ2n) is 2.83. The van der Waals surface area contributed by atoms with Crippen LogP contribution in [0.1, 0.15) is 6.42 Å². The van der Waals surface area contributed by atoms with Gasteiger partial charge < -0.3 is 14.2 Å². The third-order valence-corrected chi connectivity index (χ3v) is 2.38. The molecule has 0 radical (unpaired) electrons. The molecule has 0 aliphatic rings. The molecule has 16 heavy (non-hydrogen) atoms. The summed E-state index contributed by atoms with van der Waals surface area (Å²) in [7, 11) is 3.93. The maximum atomic E-state index is 11.5. The van der Waals surface area contributed by atoms with E-state index in [-0.39, 0.29) is 5.76 Å². The lowest BCUT2D eigenvalue weighted by molar-refractivity contribution is -0.145. The lowest BCUT2D eigenvalue weighted by atomic mass is 10.0. The highest BCUT2D eigenvalue weighted by molar-refractivity contribution is 9.09. The Morgan fingerprint density at radius 2 is 1.81 bits per heavy atom. The third-order valence-electron chi connectivity index (χ3n) is 1.92. The van der Waals surface area contributed by atoms with Crippen LogP contribution in [0.3, 0.4) is 0 Å². The van der Waals surface area contributed by atoms with Gasteiger partial charge in [0.15, 0.2) is 0 Å². The molecule has 0 amide bonds. The van der Waals surface area contributed by atoms with Gasteiger partial charge in [-0.25, -0.2) is 4.79 Å². The van der Waals surface area contributed by atoms with Gasteiger partial charge in [-0.1, -0.05) is 15.9 Å². The molecule has 0 aliphatic carbocycles. The number of ether oxygens (including phenoxy) is 3. The Labute approximate surface area is 103 Å². The molecule has 0 aliphatic heterocycles. The van der Waals surface area contributed by atoms with E-state index < -0.39 is 17.9 Å². The maximum Gasteiger partial charge on any atom is 0.333 e. The van der Waals surface area contributed by atoms with Crippen molar-refractivity contribution in [1.29, 1.82) is 0 Å². The Bertz CT molecular complexity index is 274. The molecule has 0 heterocycles. The predicted octanol–water partition coefficient (Wildman–Crippen LogP) is 1.26. The second-order valence-corrected chi connectivity index (χ2v) is 3.62. The molecule has 0 bridgehead atoms. The number of hydrogen-bond acceptors (Lipinski definition) is 5. The van der Waals surface area contributed by atoms with Gasteiger partial charge >= 0.3 is 11.9 Å². The van der Waals surface area contributed by atoms with Crippen molar-refractivity contribution in [3.63, 3.8) is 0 Å². The van der Waals surface area contributed by atoms with Crippen molar-refractivity contribution >= 4 is 27.9 Å². The highest BCUT2D eigenvalue weighted by Gasteiger charge is 2.25. The van der Waals surface area contributed by atoms with Crippen LogP contribution in [0, 0.1) is 5.92 Å². The fourth-order valence-electron chi connectivity index (χ4n) is 1.10. The van der Waals surface area contributed by atoms with E-state index in [9.17, 15) is 9.59 Å². The SMILES string of the molecule is COC(=O)/C=C(/OC)C(CCBr)C(=O)OC. The highest BCUT2D eigenvalue weighted by Crippen LogP contribution is 2.19. The van der Waals surface area contributed by atoms with Gasteiger partial charge in [0.1, 0.15) is 11.7 Å². The van der Waals surface area contributed by atoms with Gasteiger partial charge in [0.2, 0.25) is 0 Å². The van der Waals surface area contributed by atoms with E-state index >= 15 is 0 Å². The Hall–Kier alpha value is -1.04. The van der Waals surface area contributed by atoms with E-state index in [4.69, 9.17) is 4.74 Å². The number of halogens is 1. The summed E-state index contributed by atoms with van der Waals surface area (Å²) in [5.41, 5.74) is 0. The zero-order valence-corrected chi connectivity index (χ0v) is 11.1. The summed E-state index contributed by atoms with van der Waals surface area (Å²) in [6.07, 6.45) is 1.62. The lowest BCUT2D eigenvalue weighted by Crippen LogP contribution is -2.21. The molecule has 6 heteroatoms. The van der Waals surface area contributed by atoms with Gasteiger partial charge in [0.25, 0.3) is 0 Å². The fourth-order valence-corrected chi connectivity index (χ4v) is 1.56. The van der Waals surface area contributed by atoms with Crippen LogP contribution in [0.5, 0.6) is 0 Å². The standard InChI is InChI=1S/C10H15BrO5/c1-14-8(6-9(12)15-2)7(4-5-11)10(13)16-3/h6-7H,4-5H2,1-3H3/b8-6+. The minimum atomic E-state index is -0.603. The molecule has 0 aromatic heterocycles. The maximum absolute atomic E-state index is 11.5. The molecule has 0 spiro atoms.